The van der Waals surface area contributed by atoms with Crippen LogP contribution in [0.2, 0.25) is 0 Å². The summed E-state index contributed by atoms with van der Waals surface area (Å²) in [7, 11) is 0. The molecule has 1 radical (unpaired) electrons. The lowest BCUT2D eigenvalue weighted by Gasteiger charge is -2.15. The number of ether oxygens (including phenoxy) is 1. The minimum Gasteiger partial charge on any atom is -0.465 e. The Morgan fingerprint density at radius 2 is 2.08 bits per heavy atom. The van der Waals surface area contributed by atoms with E-state index in [2.05, 4.69) is 0 Å². The molecule has 0 saturated heterocycles. The normalized spacial score (nSPS) is 18.9. The van der Waals surface area contributed by atoms with Crippen LogP contribution in [0.3, 0.4) is 0 Å². The highest BCUT2D eigenvalue weighted by molar-refractivity contribution is 5.79. The first-order valence-electron chi connectivity index (χ1n) is 3.92. The van der Waals surface area contributed by atoms with Crippen LogP contribution in [-0.4, -0.2) is 5.97 Å². The maximum Gasteiger partial charge on any atom is 0.366 e. The number of benzene rings is 1. The van der Waals surface area contributed by atoms with Crippen LogP contribution in [-0.2, 0) is 9.90 Å². The van der Waals surface area contributed by atoms with Gasteiger partial charge in [0.05, 0.1) is 6.26 Å². The number of carbonyl (C=O) groups is 1. The minimum atomic E-state index is -1.10. The van der Waals surface area contributed by atoms with Gasteiger partial charge in [0.15, 0.2) is 0 Å². The summed E-state index contributed by atoms with van der Waals surface area (Å²) in [6.45, 7) is 0. The molecule has 0 saturated carbocycles. The van der Waals surface area contributed by atoms with Crippen molar-refractivity contribution >= 4 is 5.97 Å². The molecule has 1 atom stereocenters. The number of para-hydroxylation sites is 1. The Balaban J connectivity index is 2.48. The SMILES string of the molecule is [O]C(=O)C1C=COc2ccccc21. The van der Waals surface area contributed by atoms with Gasteiger partial charge in [-0.2, -0.15) is 0 Å². The topological polar surface area (TPSA) is 46.2 Å². The van der Waals surface area contributed by atoms with Crippen molar-refractivity contribution in [1.82, 2.24) is 0 Å². The fourth-order valence-electron chi connectivity index (χ4n) is 1.35. The van der Waals surface area contributed by atoms with Crippen molar-refractivity contribution in [2.24, 2.45) is 0 Å². The molecule has 0 fully saturated rings. The average molecular weight is 175 g/mol. The van der Waals surface area contributed by atoms with E-state index >= 15 is 0 Å². The van der Waals surface area contributed by atoms with Crippen LogP contribution < -0.4 is 4.74 Å². The lowest BCUT2D eigenvalue weighted by atomic mass is 9.97. The maximum atomic E-state index is 10.7. The zero-order valence-corrected chi connectivity index (χ0v) is 6.77. The van der Waals surface area contributed by atoms with E-state index in [1.165, 1.54) is 12.3 Å². The van der Waals surface area contributed by atoms with Crippen LogP contribution in [0.5, 0.6) is 5.75 Å². The molecule has 2 rings (SSSR count). The largest absolute Gasteiger partial charge is 0.465 e. The van der Waals surface area contributed by atoms with Crippen molar-refractivity contribution in [1.29, 1.82) is 0 Å². The Hall–Kier alpha value is -1.77. The summed E-state index contributed by atoms with van der Waals surface area (Å²) in [5.41, 5.74) is 0.644. The molecular weight excluding hydrogens is 168 g/mol. The molecule has 0 N–H and O–H groups in total. The molecule has 13 heavy (non-hydrogen) atoms. The highest BCUT2D eigenvalue weighted by Gasteiger charge is 2.24. The number of rotatable bonds is 1. The van der Waals surface area contributed by atoms with Crippen LogP contribution in [0.4, 0.5) is 0 Å². The molecule has 65 valence electrons. The molecule has 1 aliphatic heterocycles. The maximum absolute atomic E-state index is 10.7. The summed E-state index contributed by atoms with van der Waals surface area (Å²) in [5.74, 6) is -1.21. The summed E-state index contributed by atoms with van der Waals surface area (Å²) < 4.78 is 5.13. The van der Waals surface area contributed by atoms with Gasteiger partial charge in [-0.05, 0) is 12.1 Å². The van der Waals surface area contributed by atoms with E-state index in [4.69, 9.17) is 4.74 Å². The van der Waals surface area contributed by atoms with E-state index in [-0.39, 0.29) is 0 Å². The number of fused-ring (bicyclic) bond motifs is 1. The summed E-state index contributed by atoms with van der Waals surface area (Å²) in [6.07, 6.45) is 2.85. The molecular formula is C10H7O3. The second-order valence-electron chi connectivity index (χ2n) is 2.78. The molecule has 0 aliphatic carbocycles. The van der Waals surface area contributed by atoms with Gasteiger partial charge in [0, 0.05) is 5.56 Å². The van der Waals surface area contributed by atoms with E-state index < -0.39 is 11.9 Å². The summed E-state index contributed by atoms with van der Waals surface area (Å²) in [4.78, 5) is 10.7. The molecule has 0 aromatic heterocycles. The molecule has 1 heterocycles. The van der Waals surface area contributed by atoms with Crippen LogP contribution in [0.15, 0.2) is 36.6 Å². The highest BCUT2D eigenvalue weighted by Crippen LogP contribution is 2.31. The Kier molecular flexibility index (Phi) is 1.77. The monoisotopic (exact) mass is 175 g/mol. The Labute approximate surface area is 75.3 Å². The standard InChI is InChI=1S/C10H7O3/c11-10(12)8-5-6-13-9-4-2-1-3-7(8)9/h1-6,8H. The first kappa shape index (κ1) is 7.86. The van der Waals surface area contributed by atoms with E-state index in [1.54, 1.807) is 24.3 Å². The van der Waals surface area contributed by atoms with Crippen molar-refractivity contribution in [2.75, 3.05) is 0 Å². The smallest absolute Gasteiger partial charge is 0.366 e. The van der Waals surface area contributed by atoms with Gasteiger partial charge in [0.25, 0.3) is 0 Å². The van der Waals surface area contributed by atoms with Crippen LogP contribution in [0.25, 0.3) is 0 Å². The summed E-state index contributed by atoms with van der Waals surface area (Å²) in [5, 5.41) is 10.7. The van der Waals surface area contributed by atoms with Gasteiger partial charge >= 0.3 is 5.97 Å². The van der Waals surface area contributed by atoms with Crippen LogP contribution in [0, 0.1) is 0 Å². The third-order valence-electron chi connectivity index (χ3n) is 1.97. The lowest BCUT2D eigenvalue weighted by molar-refractivity contribution is -0.143. The highest BCUT2D eigenvalue weighted by atomic mass is 16.5. The van der Waals surface area contributed by atoms with Crippen LogP contribution >= 0.6 is 0 Å². The van der Waals surface area contributed by atoms with E-state index in [9.17, 15) is 9.90 Å². The fraction of sp³-hybridized carbons (Fsp3) is 0.100. The van der Waals surface area contributed by atoms with Gasteiger partial charge in [0.1, 0.15) is 11.7 Å². The molecule has 3 heteroatoms. The molecule has 0 amide bonds. The molecule has 0 bridgehead atoms. The van der Waals surface area contributed by atoms with Crippen molar-refractivity contribution in [3.05, 3.63) is 42.2 Å². The molecule has 1 aromatic rings. The van der Waals surface area contributed by atoms with Crippen molar-refractivity contribution in [3.8, 4) is 5.75 Å². The van der Waals surface area contributed by atoms with Gasteiger partial charge in [0.2, 0.25) is 0 Å². The van der Waals surface area contributed by atoms with E-state index in [0.717, 1.165) is 0 Å². The van der Waals surface area contributed by atoms with E-state index in [0.29, 0.717) is 11.3 Å². The predicted molar refractivity (Wildman–Crippen MR) is 44.6 cm³/mol. The third kappa shape index (κ3) is 1.28. The summed E-state index contributed by atoms with van der Waals surface area (Å²) in [6, 6.07) is 7.02. The van der Waals surface area contributed by atoms with Crippen molar-refractivity contribution in [2.45, 2.75) is 5.92 Å². The summed E-state index contributed by atoms with van der Waals surface area (Å²) >= 11 is 0. The third-order valence-corrected chi connectivity index (χ3v) is 1.97. The molecule has 1 aromatic carbocycles. The quantitative estimate of drug-likeness (QED) is 0.651. The molecule has 3 nitrogen and oxygen atoms in total. The number of carbonyl (C=O) groups excluding carboxylic acids is 1. The zero-order chi connectivity index (χ0) is 9.26. The Bertz CT molecular complexity index is 368. The number of hydrogen-bond donors (Lipinski definition) is 0. The Morgan fingerprint density at radius 1 is 1.31 bits per heavy atom. The first-order chi connectivity index (χ1) is 6.29. The van der Waals surface area contributed by atoms with Crippen molar-refractivity contribution < 1.29 is 14.6 Å². The Morgan fingerprint density at radius 3 is 2.85 bits per heavy atom. The van der Waals surface area contributed by atoms with Gasteiger partial charge in [-0.15, -0.1) is 0 Å². The number of hydrogen-bond acceptors (Lipinski definition) is 2. The average Bonchev–Trinajstić information content (AvgIpc) is 2.17. The first-order valence-corrected chi connectivity index (χ1v) is 3.92. The second-order valence-corrected chi connectivity index (χ2v) is 2.78. The second kappa shape index (κ2) is 2.94. The molecule has 0 spiro atoms. The predicted octanol–water partition coefficient (Wildman–Crippen LogP) is 1.63. The van der Waals surface area contributed by atoms with Crippen LogP contribution in [0.1, 0.15) is 11.5 Å². The van der Waals surface area contributed by atoms with Gasteiger partial charge in [-0.1, -0.05) is 18.2 Å². The fourth-order valence-corrected chi connectivity index (χ4v) is 1.35. The zero-order valence-electron chi connectivity index (χ0n) is 6.77. The van der Waals surface area contributed by atoms with Crippen molar-refractivity contribution in [3.63, 3.8) is 0 Å². The molecule has 1 aliphatic rings. The minimum absolute atomic E-state index is 0.583. The van der Waals surface area contributed by atoms with Gasteiger partial charge < -0.3 is 4.74 Å². The lowest BCUT2D eigenvalue weighted by Crippen LogP contribution is -2.12. The van der Waals surface area contributed by atoms with Gasteiger partial charge in [-0.3, -0.25) is 0 Å². The molecule has 1 unspecified atom stereocenters. The van der Waals surface area contributed by atoms with E-state index in [1.807, 2.05) is 0 Å². The van der Waals surface area contributed by atoms with Gasteiger partial charge in [-0.25, -0.2) is 9.90 Å².